The Kier molecular flexibility index (Phi) is 8.26. The van der Waals surface area contributed by atoms with E-state index >= 15 is 0 Å². The highest BCUT2D eigenvalue weighted by atomic mass is 79.9. The molecule has 0 radical (unpaired) electrons. The molecule has 1 aliphatic heterocycles. The molecule has 0 saturated carbocycles. The molecule has 35 heavy (non-hydrogen) atoms. The Balaban J connectivity index is 1.49. The van der Waals surface area contributed by atoms with Crippen molar-refractivity contribution in [1.82, 2.24) is 14.9 Å². The molecule has 1 atom stereocenters. The second kappa shape index (κ2) is 11.4. The molecule has 1 amide bonds. The number of hydrogen-bond acceptors (Lipinski definition) is 6. The fraction of sp³-hybridized carbons (Fsp3) is 0.346. The smallest absolute Gasteiger partial charge is 0.262 e. The van der Waals surface area contributed by atoms with Crippen molar-refractivity contribution in [3.8, 4) is 5.88 Å². The molecule has 1 aliphatic rings. The summed E-state index contributed by atoms with van der Waals surface area (Å²) < 4.78 is 6.06. The van der Waals surface area contributed by atoms with E-state index in [0.717, 1.165) is 18.8 Å². The normalized spacial score (nSPS) is 16.4. The summed E-state index contributed by atoms with van der Waals surface area (Å²) in [6, 6.07) is 11.7. The zero-order chi connectivity index (χ0) is 24.9. The lowest BCUT2D eigenvalue weighted by atomic mass is 9.89. The highest BCUT2D eigenvalue weighted by molar-refractivity contribution is 9.10. The van der Waals surface area contributed by atoms with Crippen LogP contribution in [0.1, 0.15) is 46.7 Å². The first-order valence-electron chi connectivity index (χ1n) is 11.6. The molecule has 4 rings (SSSR count). The van der Waals surface area contributed by atoms with Crippen LogP contribution in [0.25, 0.3) is 0 Å². The third kappa shape index (κ3) is 6.12. The molecule has 0 spiro atoms. The molecule has 184 valence electrons. The summed E-state index contributed by atoms with van der Waals surface area (Å²) in [5.41, 5.74) is 4.21. The van der Waals surface area contributed by atoms with Gasteiger partial charge < -0.3 is 20.3 Å². The molecule has 1 aromatic heterocycles. The number of nitrogens with zero attached hydrogens (tertiary/aromatic N) is 3. The Bertz CT molecular complexity index is 1200. The van der Waals surface area contributed by atoms with Gasteiger partial charge in [-0.2, -0.15) is 4.98 Å². The van der Waals surface area contributed by atoms with Crippen LogP contribution >= 0.6 is 27.5 Å². The Morgan fingerprint density at radius 2 is 2.06 bits per heavy atom. The topological polar surface area (TPSA) is 79.4 Å². The van der Waals surface area contributed by atoms with Crippen molar-refractivity contribution in [2.45, 2.75) is 32.1 Å². The van der Waals surface area contributed by atoms with E-state index in [4.69, 9.17) is 16.3 Å². The second-order valence-electron chi connectivity index (χ2n) is 8.79. The van der Waals surface area contributed by atoms with Gasteiger partial charge in [-0.3, -0.25) is 4.79 Å². The average molecular weight is 559 g/mol. The number of benzene rings is 2. The minimum atomic E-state index is -0.420. The standard InChI is InChI=1S/C26H29BrClN5O2/c1-16-14-18(9-10-19(16)17-6-5-12-33(2)13-11-17)30-26-29-15-20(25(32-26)35-3)24(34)31-23-21(27)7-4-8-22(23)28/h4,7-10,14-15,17H,5-6,11-13H2,1-3H3,(H,31,34)(H,29,30,32)/t17-/m0/s1. The monoisotopic (exact) mass is 557 g/mol. The van der Waals surface area contributed by atoms with Gasteiger partial charge in [-0.25, -0.2) is 4.98 Å². The second-order valence-corrected chi connectivity index (χ2v) is 10.1. The quantitative estimate of drug-likeness (QED) is 0.364. The molecule has 2 N–H and O–H groups in total. The number of anilines is 3. The van der Waals surface area contributed by atoms with E-state index < -0.39 is 5.91 Å². The molecular weight excluding hydrogens is 530 g/mol. The molecule has 0 bridgehead atoms. The van der Waals surface area contributed by atoms with E-state index in [2.05, 4.69) is 73.6 Å². The minimum Gasteiger partial charge on any atom is -0.480 e. The molecule has 0 aliphatic carbocycles. The van der Waals surface area contributed by atoms with E-state index in [0.29, 0.717) is 27.0 Å². The summed E-state index contributed by atoms with van der Waals surface area (Å²) in [7, 11) is 3.67. The SMILES string of the molecule is COc1nc(Nc2ccc([C@H]3CCCN(C)CC3)c(C)c2)ncc1C(=O)Nc1c(Cl)cccc1Br. The molecule has 9 heteroatoms. The van der Waals surface area contributed by atoms with Crippen molar-refractivity contribution >= 4 is 50.8 Å². The minimum absolute atomic E-state index is 0.166. The summed E-state index contributed by atoms with van der Waals surface area (Å²) in [4.78, 5) is 24.0. The maximum atomic E-state index is 12.9. The molecule has 0 unspecified atom stereocenters. The average Bonchev–Trinajstić information content (AvgIpc) is 3.05. The Morgan fingerprint density at radius 3 is 2.80 bits per heavy atom. The van der Waals surface area contributed by atoms with E-state index in [9.17, 15) is 4.79 Å². The summed E-state index contributed by atoms with van der Waals surface area (Å²) in [6.45, 7) is 4.44. The van der Waals surface area contributed by atoms with Gasteiger partial charge >= 0.3 is 0 Å². The van der Waals surface area contributed by atoms with Crippen LogP contribution < -0.4 is 15.4 Å². The van der Waals surface area contributed by atoms with Gasteiger partial charge in [0.05, 0.1) is 17.8 Å². The van der Waals surface area contributed by atoms with Crippen LogP contribution in [0.5, 0.6) is 5.88 Å². The lowest BCUT2D eigenvalue weighted by molar-refractivity contribution is 0.102. The van der Waals surface area contributed by atoms with Gasteiger partial charge in [-0.1, -0.05) is 23.7 Å². The number of carbonyl (C=O) groups excluding carboxylic acids is 1. The van der Waals surface area contributed by atoms with Crippen LogP contribution in [0.15, 0.2) is 47.1 Å². The number of ether oxygens (including phenoxy) is 1. The van der Waals surface area contributed by atoms with Crippen molar-refractivity contribution in [3.63, 3.8) is 0 Å². The van der Waals surface area contributed by atoms with Crippen LogP contribution in [0.4, 0.5) is 17.3 Å². The lowest BCUT2D eigenvalue weighted by Crippen LogP contribution is -2.18. The summed E-state index contributed by atoms with van der Waals surface area (Å²) in [6.07, 6.45) is 5.06. The number of halogens is 2. The van der Waals surface area contributed by atoms with E-state index in [1.165, 1.54) is 43.7 Å². The van der Waals surface area contributed by atoms with Gasteiger partial charge in [-0.05, 0) is 104 Å². The molecule has 2 heterocycles. The number of para-hydroxylation sites is 1. The number of carbonyl (C=O) groups is 1. The number of nitrogens with one attached hydrogen (secondary N) is 2. The maximum absolute atomic E-state index is 12.9. The van der Waals surface area contributed by atoms with Crippen molar-refractivity contribution in [2.75, 3.05) is 37.9 Å². The largest absolute Gasteiger partial charge is 0.480 e. The third-order valence-electron chi connectivity index (χ3n) is 6.31. The van der Waals surface area contributed by atoms with Crippen molar-refractivity contribution < 1.29 is 9.53 Å². The Morgan fingerprint density at radius 1 is 1.23 bits per heavy atom. The van der Waals surface area contributed by atoms with Crippen LogP contribution in [0, 0.1) is 6.92 Å². The van der Waals surface area contributed by atoms with Crippen LogP contribution in [-0.2, 0) is 0 Å². The van der Waals surface area contributed by atoms with Gasteiger partial charge in [0.25, 0.3) is 5.91 Å². The summed E-state index contributed by atoms with van der Waals surface area (Å²) in [5.74, 6) is 0.678. The van der Waals surface area contributed by atoms with Gasteiger partial charge in [-0.15, -0.1) is 0 Å². The Labute approximate surface area is 219 Å². The van der Waals surface area contributed by atoms with Gasteiger partial charge in [0.1, 0.15) is 5.56 Å². The van der Waals surface area contributed by atoms with E-state index in [1.54, 1.807) is 18.2 Å². The molecular formula is C26H29BrClN5O2. The number of likely N-dealkylation sites (tertiary alicyclic amines) is 1. The van der Waals surface area contributed by atoms with Gasteiger partial charge in [0.15, 0.2) is 0 Å². The van der Waals surface area contributed by atoms with E-state index in [1.807, 2.05) is 0 Å². The number of hydrogen-bond donors (Lipinski definition) is 2. The number of aryl methyl sites for hydroxylation is 1. The Hall–Kier alpha value is -2.68. The van der Waals surface area contributed by atoms with Gasteiger partial charge in [0.2, 0.25) is 11.8 Å². The molecule has 1 fully saturated rings. The fourth-order valence-electron chi connectivity index (χ4n) is 4.43. The predicted molar refractivity (Wildman–Crippen MR) is 144 cm³/mol. The van der Waals surface area contributed by atoms with Crippen molar-refractivity contribution in [2.24, 2.45) is 0 Å². The fourth-order valence-corrected chi connectivity index (χ4v) is 5.23. The van der Waals surface area contributed by atoms with Crippen LogP contribution in [0.3, 0.4) is 0 Å². The van der Waals surface area contributed by atoms with Crippen molar-refractivity contribution in [1.29, 1.82) is 0 Å². The highest BCUT2D eigenvalue weighted by Crippen LogP contribution is 2.33. The number of rotatable bonds is 6. The first-order chi connectivity index (χ1) is 16.9. The zero-order valence-corrected chi connectivity index (χ0v) is 22.4. The predicted octanol–water partition coefficient (Wildman–Crippen LogP) is 6.40. The first-order valence-corrected chi connectivity index (χ1v) is 12.8. The number of methoxy groups -OCH3 is 1. The molecule has 3 aromatic rings. The van der Waals surface area contributed by atoms with E-state index in [-0.39, 0.29) is 11.4 Å². The highest BCUT2D eigenvalue weighted by Gasteiger charge is 2.20. The molecule has 1 saturated heterocycles. The molecule has 2 aromatic carbocycles. The summed E-state index contributed by atoms with van der Waals surface area (Å²) >= 11 is 9.62. The first kappa shape index (κ1) is 25.4. The number of amides is 1. The molecule has 7 nitrogen and oxygen atoms in total. The van der Waals surface area contributed by atoms with Crippen LogP contribution in [-0.4, -0.2) is 48.0 Å². The lowest BCUT2D eigenvalue weighted by Gasteiger charge is -2.19. The zero-order valence-electron chi connectivity index (χ0n) is 20.1. The van der Waals surface area contributed by atoms with Crippen LogP contribution in [0.2, 0.25) is 5.02 Å². The van der Waals surface area contributed by atoms with Crippen molar-refractivity contribution in [3.05, 3.63) is 68.8 Å². The third-order valence-corrected chi connectivity index (χ3v) is 7.29. The number of aromatic nitrogens is 2. The van der Waals surface area contributed by atoms with Gasteiger partial charge in [0, 0.05) is 16.4 Å². The maximum Gasteiger partial charge on any atom is 0.262 e. The summed E-state index contributed by atoms with van der Waals surface area (Å²) in [5, 5.41) is 6.44.